The third-order valence-electron chi connectivity index (χ3n) is 3.03. The van der Waals surface area contributed by atoms with Crippen LogP contribution in [0.15, 0.2) is 42.5 Å². The number of benzene rings is 2. The normalized spacial score (nSPS) is 10.2. The number of nitrogens with zero attached hydrogens (tertiary/aromatic N) is 2. The summed E-state index contributed by atoms with van der Waals surface area (Å²) >= 11 is 0. The van der Waals surface area contributed by atoms with Gasteiger partial charge in [-0.15, -0.1) is 0 Å². The Balaban J connectivity index is 2.38. The molecule has 2 aromatic rings. The van der Waals surface area contributed by atoms with E-state index in [4.69, 9.17) is 10.5 Å². The summed E-state index contributed by atoms with van der Waals surface area (Å²) in [6.45, 7) is 0. The van der Waals surface area contributed by atoms with Gasteiger partial charge in [-0.2, -0.15) is 10.5 Å². The van der Waals surface area contributed by atoms with Crippen molar-refractivity contribution in [3.8, 4) is 23.6 Å². The number of aromatic hydroxyl groups is 2. The molecule has 0 radical (unpaired) electrons. The van der Waals surface area contributed by atoms with Gasteiger partial charge in [-0.3, -0.25) is 0 Å². The van der Waals surface area contributed by atoms with Gasteiger partial charge >= 0.3 is 0 Å². The summed E-state index contributed by atoms with van der Waals surface area (Å²) in [6.07, 6.45) is 4.06. The predicted octanol–water partition coefficient (Wildman–Crippen LogP) is 3.10. The summed E-state index contributed by atoms with van der Waals surface area (Å²) in [7, 11) is 0. The Kier molecular flexibility index (Phi) is 4.23. The van der Waals surface area contributed by atoms with Crippen LogP contribution in [0.2, 0.25) is 0 Å². The lowest BCUT2D eigenvalue weighted by molar-refractivity contribution is 0.402. The first kappa shape index (κ1) is 14.2. The molecule has 0 amide bonds. The predicted molar refractivity (Wildman–Crippen MR) is 78.4 cm³/mol. The molecule has 0 saturated heterocycles. The molecule has 0 aliphatic heterocycles. The maximum atomic E-state index is 9.70. The molecule has 0 aliphatic carbocycles. The number of nitriles is 2. The minimum atomic E-state index is -0.504. The topological polar surface area (TPSA) is 88.0 Å². The molecular formula is C17H12N2O2. The van der Waals surface area contributed by atoms with Gasteiger partial charge in [-0.05, 0) is 12.0 Å². The molecule has 2 aromatic carbocycles. The van der Waals surface area contributed by atoms with E-state index in [1.54, 1.807) is 6.08 Å². The van der Waals surface area contributed by atoms with Crippen LogP contribution in [0.25, 0.3) is 6.08 Å². The molecular weight excluding hydrogens is 264 g/mol. The van der Waals surface area contributed by atoms with E-state index in [2.05, 4.69) is 0 Å². The van der Waals surface area contributed by atoms with Crippen LogP contribution in [0, 0.1) is 22.7 Å². The Hall–Kier alpha value is -3.24. The number of allylic oxidation sites excluding steroid dienone is 1. The van der Waals surface area contributed by atoms with Crippen molar-refractivity contribution in [2.24, 2.45) is 0 Å². The largest absolute Gasteiger partial charge is 0.504 e. The van der Waals surface area contributed by atoms with E-state index >= 15 is 0 Å². The van der Waals surface area contributed by atoms with Crippen LogP contribution in [0.5, 0.6) is 11.5 Å². The van der Waals surface area contributed by atoms with Gasteiger partial charge in [0.25, 0.3) is 0 Å². The summed E-state index contributed by atoms with van der Waals surface area (Å²) in [5, 5.41) is 37.4. The zero-order valence-electron chi connectivity index (χ0n) is 11.1. The van der Waals surface area contributed by atoms with Crippen LogP contribution in [0.3, 0.4) is 0 Å². The van der Waals surface area contributed by atoms with Gasteiger partial charge in [0.15, 0.2) is 11.5 Å². The van der Waals surface area contributed by atoms with E-state index in [0.29, 0.717) is 12.0 Å². The van der Waals surface area contributed by atoms with Crippen LogP contribution < -0.4 is 0 Å². The third-order valence-corrected chi connectivity index (χ3v) is 3.03. The monoisotopic (exact) mass is 276 g/mol. The average Bonchev–Trinajstić information content (AvgIpc) is 2.51. The first-order valence-electron chi connectivity index (χ1n) is 6.27. The van der Waals surface area contributed by atoms with E-state index in [1.165, 1.54) is 0 Å². The minimum absolute atomic E-state index is 0.101. The van der Waals surface area contributed by atoms with Gasteiger partial charge in [0.1, 0.15) is 11.6 Å². The highest BCUT2D eigenvalue weighted by molar-refractivity contribution is 5.71. The van der Waals surface area contributed by atoms with Crippen LogP contribution >= 0.6 is 0 Å². The smallest absolute Gasteiger partial charge is 0.176 e. The molecule has 0 saturated carbocycles. The fourth-order valence-electron chi connectivity index (χ4n) is 1.98. The third kappa shape index (κ3) is 3.02. The minimum Gasteiger partial charge on any atom is -0.504 e. The first-order chi connectivity index (χ1) is 10.2. The van der Waals surface area contributed by atoms with Crippen molar-refractivity contribution >= 4 is 6.08 Å². The van der Waals surface area contributed by atoms with Gasteiger partial charge in [0.05, 0.1) is 11.6 Å². The van der Waals surface area contributed by atoms with E-state index in [0.717, 1.165) is 11.6 Å². The maximum Gasteiger partial charge on any atom is 0.176 e. The highest BCUT2D eigenvalue weighted by atomic mass is 16.3. The fraction of sp³-hybridized carbons (Fsp3) is 0.0588. The Morgan fingerprint density at radius 2 is 1.76 bits per heavy atom. The standard InChI is InChI=1S/C17H12N2O2/c18-10-13-9-16(20)17(21)15(11-19)14(13)8-4-7-12-5-2-1-3-6-12/h1-6,8-9,20-21H,7H2/b8-4+. The molecule has 0 bridgehead atoms. The second-order valence-electron chi connectivity index (χ2n) is 4.40. The van der Waals surface area contributed by atoms with Crippen LogP contribution in [0.1, 0.15) is 22.3 Å². The molecule has 0 atom stereocenters. The number of rotatable bonds is 3. The Labute approximate surface area is 122 Å². The SMILES string of the molecule is N#Cc1cc(O)c(O)c(C#N)c1/C=C/Cc1ccccc1. The highest BCUT2D eigenvalue weighted by Gasteiger charge is 2.15. The molecule has 0 aromatic heterocycles. The van der Waals surface area contributed by atoms with E-state index in [9.17, 15) is 10.2 Å². The summed E-state index contributed by atoms with van der Waals surface area (Å²) in [5.74, 6) is -0.973. The zero-order valence-corrected chi connectivity index (χ0v) is 11.1. The molecule has 21 heavy (non-hydrogen) atoms. The molecule has 4 nitrogen and oxygen atoms in total. The number of phenols is 2. The molecule has 4 heteroatoms. The van der Waals surface area contributed by atoms with Crippen molar-refractivity contribution in [3.63, 3.8) is 0 Å². The van der Waals surface area contributed by atoms with Crippen molar-refractivity contribution in [2.45, 2.75) is 6.42 Å². The number of phenolic OH excluding ortho intramolecular Hbond substituents is 2. The van der Waals surface area contributed by atoms with Crippen molar-refractivity contribution in [1.29, 1.82) is 10.5 Å². The maximum absolute atomic E-state index is 9.70. The Morgan fingerprint density at radius 3 is 2.38 bits per heavy atom. The van der Waals surface area contributed by atoms with Crippen molar-refractivity contribution < 1.29 is 10.2 Å². The van der Waals surface area contributed by atoms with E-state index in [1.807, 2.05) is 48.5 Å². The molecule has 2 N–H and O–H groups in total. The lowest BCUT2D eigenvalue weighted by Crippen LogP contribution is -1.90. The van der Waals surface area contributed by atoms with Gasteiger partial charge in [-0.1, -0.05) is 42.5 Å². The first-order valence-corrected chi connectivity index (χ1v) is 6.27. The summed E-state index contributed by atoms with van der Waals surface area (Å²) < 4.78 is 0. The fourth-order valence-corrected chi connectivity index (χ4v) is 1.98. The van der Waals surface area contributed by atoms with Crippen LogP contribution in [-0.4, -0.2) is 10.2 Å². The van der Waals surface area contributed by atoms with Crippen molar-refractivity contribution in [3.05, 3.63) is 64.7 Å². The average molecular weight is 276 g/mol. The van der Waals surface area contributed by atoms with Crippen molar-refractivity contribution in [1.82, 2.24) is 0 Å². The summed E-state index contributed by atoms with van der Waals surface area (Å²) in [4.78, 5) is 0. The quantitative estimate of drug-likeness (QED) is 0.843. The second kappa shape index (κ2) is 6.27. The van der Waals surface area contributed by atoms with Gasteiger partial charge in [0.2, 0.25) is 0 Å². The van der Waals surface area contributed by atoms with Crippen LogP contribution in [0.4, 0.5) is 0 Å². The number of hydrogen-bond donors (Lipinski definition) is 2. The van der Waals surface area contributed by atoms with E-state index < -0.39 is 11.5 Å². The molecule has 2 rings (SSSR count). The van der Waals surface area contributed by atoms with Gasteiger partial charge in [0, 0.05) is 11.6 Å². The molecule has 0 aliphatic rings. The lowest BCUT2D eigenvalue weighted by atomic mass is 9.99. The molecule has 0 fully saturated rings. The van der Waals surface area contributed by atoms with Crippen LogP contribution in [-0.2, 0) is 6.42 Å². The zero-order chi connectivity index (χ0) is 15.2. The lowest BCUT2D eigenvalue weighted by Gasteiger charge is -2.06. The van der Waals surface area contributed by atoms with Crippen molar-refractivity contribution in [2.75, 3.05) is 0 Å². The summed E-state index contributed by atoms with van der Waals surface area (Å²) in [5.41, 5.74) is 1.45. The molecule has 102 valence electrons. The molecule has 0 unspecified atom stereocenters. The molecule has 0 heterocycles. The van der Waals surface area contributed by atoms with Gasteiger partial charge < -0.3 is 10.2 Å². The Bertz CT molecular complexity index is 766. The van der Waals surface area contributed by atoms with Gasteiger partial charge in [-0.25, -0.2) is 0 Å². The Morgan fingerprint density at radius 1 is 1.05 bits per heavy atom. The summed E-state index contributed by atoms with van der Waals surface area (Å²) in [6, 6.07) is 14.6. The molecule has 0 spiro atoms. The second-order valence-corrected chi connectivity index (χ2v) is 4.40. The van der Waals surface area contributed by atoms with E-state index in [-0.39, 0.29) is 11.1 Å². The highest BCUT2D eigenvalue weighted by Crippen LogP contribution is 2.34. The number of hydrogen-bond acceptors (Lipinski definition) is 4.